The highest BCUT2D eigenvalue weighted by Gasteiger charge is 2.34. The Morgan fingerprint density at radius 2 is 2.36 bits per heavy atom. The lowest BCUT2D eigenvalue weighted by atomic mass is 10.00. The summed E-state index contributed by atoms with van der Waals surface area (Å²) in [5.74, 6) is 1.77. The predicted octanol–water partition coefficient (Wildman–Crippen LogP) is 2.99. The van der Waals surface area contributed by atoms with Crippen molar-refractivity contribution in [2.75, 3.05) is 7.11 Å². The average molecular weight is 210 g/mol. The second kappa shape index (κ2) is 3.73. The Hall–Kier alpha value is -0.830. The molecule has 3 heteroatoms. The van der Waals surface area contributed by atoms with E-state index in [9.17, 15) is 4.79 Å². The van der Waals surface area contributed by atoms with Crippen LogP contribution in [0.15, 0.2) is 11.4 Å². The summed E-state index contributed by atoms with van der Waals surface area (Å²) < 4.78 is 5.15. The minimum absolute atomic E-state index is 0.169. The molecule has 0 aromatic carbocycles. The van der Waals surface area contributed by atoms with Crippen LogP contribution in [0.4, 0.5) is 0 Å². The molecular formula is C11H14O2S. The molecule has 1 heterocycles. The smallest absolute Gasteiger partial charge is 0.179 e. The van der Waals surface area contributed by atoms with Crippen LogP contribution in [0.1, 0.15) is 29.4 Å². The van der Waals surface area contributed by atoms with Crippen LogP contribution >= 0.6 is 11.3 Å². The summed E-state index contributed by atoms with van der Waals surface area (Å²) in [5, 5.41) is 1.91. The van der Waals surface area contributed by atoms with Gasteiger partial charge in [-0.25, -0.2) is 0 Å². The number of ketones is 1. The molecule has 0 N–H and O–H groups in total. The van der Waals surface area contributed by atoms with E-state index in [4.69, 9.17) is 4.74 Å². The van der Waals surface area contributed by atoms with Crippen molar-refractivity contribution in [2.24, 2.45) is 11.8 Å². The first-order chi connectivity index (χ1) is 6.74. The third kappa shape index (κ3) is 1.69. The Kier molecular flexibility index (Phi) is 2.59. The van der Waals surface area contributed by atoms with Gasteiger partial charge in [-0.1, -0.05) is 6.92 Å². The van der Waals surface area contributed by atoms with E-state index in [0.29, 0.717) is 5.92 Å². The second-order valence-electron chi connectivity index (χ2n) is 3.81. The zero-order valence-corrected chi connectivity index (χ0v) is 9.26. The number of Topliss-reactive ketones (excluding diaryl/α,β-unsaturated/α-hetero) is 1. The van der Waals surface area contributed by atoms with Crippen LogP contribution < -0.4 is 4.74 Å². The highest BCUT2D eigenvalue weighted by atomic mass is 32.1. The Morgan fingerprint density at radius 1 is 1.64 bits per heavy atom. The lowest BCUT2D eigenvalue weighted by Crippen LogP contribution is -2.12. The van der Waals surface area contributed by atoms with Crippen LogP contribution in [-0.2, 0) is 0 Å². The van der Waals surface area contributed by atoms with Crippen LogP contribution in [0.25, 0.3) is 0 Å². The standard InChI is InChI=1S/C11H14O2S/c1-7(8-3-4-8)10(12)11-9(13-2)5-6-14-11/h5-8H,3-4H2,1-2H3. The molecule has 2 rings (SSSR count). The largest absolute Gasteiger partial charge is 0.495 e. The summed E-state index contributed by atoms with van der Waals surface area (Å²) in [6.07, 6.45) is 2.42. The first kappa shape index (κ1) is 9.71. The fourth-order valence-electron chi connectivity index (χ4n) is 1.65. The van der Waals surface area contributed by atoms with E-state index in [1.54, 1.807) is 7.11 Å². The van der Waals surface area contributed by atoms with Gasteiger partial charge in [0.15, 0.2) is 5.78 Å². The molecule has 2 nitrogen and oxygen atoms in total. The molecule has 14 heavy (non-hydrogen) atoms. The van der Waals surface area contributed by atoms with E-state index >= 15 is 0 Å². The number of carbonyl (C=O) groups is 1. The topological polar surface area (TPSA) is 26.3 Å². The van der Waals surface area contributed by atoms with E-state index in [0.717, 1.165) is 10.6 Å². The third-order valence-corrected chi connectivity index (χ3v) is 3.73. The SMILES string of the molecule is COc1ccsc1C(=O)C(C)C1CC1. The van der Waals surface area contributed by atoms with Crippen molar-refractivity contribution in [3.8, 4) is 5.75 Å². The monoisotopic (exact) mass is 210 g/mol. The van der Waals surface area contributed by atoms with Gasteiger partial charge in [0.25, 0.3) is 0 Å². The number of methoxy groups -OCH3 is 1. The van der Waals surface area contributed by atoms with Crippen molar-refractivity contribution in [2.45, 2.75) is 19.8 Å². The number of thiophene rings is 1. The van der Waals surface area contributed by atoms with Crippen molar-refractivity contribution in [3.63, 3.8) is 0 Å². The molecular weight excluding hydrogens is 196 g/mol. The predicted molar refractivity (Wildman–Crippen MR) is 57.1 cm³/mol. The molecule has 0 radical (unpaired) electrons. The minimum atomic E-state index is 0.169. The maximum absolute atomic E-state index is 12.0. The summed E-state index contributed by atoms with van der Waals surface area (Å²) in [6, 6.07) is 1.86. The molecule has 1 atom stereocenters. The molecule has 1 fully saturated rings. The highest BCUT2D eigenvalue weighted by molar-refractivity contribution is 7.12. The Labute approximate surface area is 87.9 Å². The van der Waals surface area contributed by atoms with Gasteiger partial charge in [-0.2, -0.15) is 0 Å². The number of rotatable bonds is 4. The van der Waals surface area contributed by atoms with E-state index in [2.05, 4.69) is 0 Å². The van der Waals surface area contributed by atoms with Crippen LogP contribution in [-0.4, -0.2) is 12.9 Å². The first-order valence-electron chi connectivity index (χ1n) is 4.89. The Bertz CT molecular complexity index is 339. The fraction of sp³-hybridized carbons (Fsp3) is 0.545. The van der Waals surface area contributed by atoms with Crippen LogP contribution in [0.2, 0.25) is 0 Å². The van der Waals surface area contributed by atoms with Crippen LogP contribution in [0.3, 0.4) is 0 Å². The van der Waals surface area contributed by atoms with E-state index in [1.807, 2.05) is 18.4 Å². The molecule has 1 saturated carbocycles. The van der Waals surface area contributed by atoms with Crippen LogP contribution in [0, 0.1) is 11.8 Å². The molecule has 1 aromatic heterocycles. The zero-order chi connectivity index (χ0) is 10.1. The number of carbonyl (C=O) groups excluding carboxylic acids is 1. The third-order valence-electron chi connectivity index (χ3n) is 2.82. The quantitative estimate of drug-likeness (QED) is 0.714. The summed E-state index contributed by atoms with van der Waals surface area (Å²) in [5.41, 5.74) is 0. The molecule has 1 aliphatic rings. The zero-order valence-electron chi connectivity index (χ0n) is 8.45. The molecule has 0 bridgehead atoms. The normalized spacial score (nSPS) is 17.9. The molecule has 0 amide bonds. The lowest BCUT2D eigenvalue weighted by molar-refractivity contribution is 0.0917. The average Bonchev–Trinajstić information content (AvgIpc) is 2.94. The van der Waals surface area contributed by atoms with Gasteiger partial charge in [0.2, 0.25) is 0 Å². The van der Waals surface area contributed by atoms with Crippen molar-refractivity contribution < 1.29 is 9.53 Å². The van der Waals surface area contributed by atoms with Crippen molar-refractivity contribution in [1.29, 1.82) is 0 Å². The van der Waals surface area contributed by atoms with Gasteiger partial charge in [0.1, 0.15) is 10.6 Å². The summed E-state index contributed by atoms with van der Waals surface area (Å²) in [4.78, 5) is 12.8. The van der Waals surface area contributed by atoms with E-state index in [-0.39, 0.29) is 11.7 Å². The molecule has 1 aliphatic carbocycles. The molecule has 0 spiro atoms. The van der Waals surface area contributed by atoms with E-state index < -0.39 is 0 Å². The van der Waals surface area contributed by atoms with Crippen molar-refractivity contribution in [1.82, 2.24) is 0 Å². The number of hydrogen-bond donors (Lipinski definition) is 0. The van der Waals surface area contributed by atoms with Gasteiger partial charge in [-0.3, -0.25) is 4.79 Å². The number of hydrogen-bond acceptors (Lipinski definition) is 3. The maximum Gasteiger partial charge on any atom is 0.179 e. The number of ether oxygens (including phenoxy) is 1. The molecule has 0 saturated heterocycles. The molecule has 1 aromatic rings. The minimum Gasteiger partial charge on any atom is -0.495 e. The van der Waals surface area contributed by atoms with Crippen molar-refractivity contribution in [3.05, 3.63) is 16.3 Å². The Balaban J connectivity index is 2.17. The van der Waals surface area contributed by atoms with Crippen molar-refractivity contribution >= 4 is 17.1 Å². The molecule has 76 valence electrons. The summed E-state index contributed by atoms with van der Waals surface area (Å²) >= 11 is 1.48. The Morgan fingerprint density at radius 3 is 2.93 bits per heavy atom. The van der Waals surface area contributed by atoms with Gasteiger partial charge in [-0.05, 0) is 30.2 Å². The first-order valence-corrected chi connectivity index (χ1v) is 5.77. The highest BCUT2D eigenvalue weighted by Crippen LogP contribution is 2.40. The van der Waals surface area contributed by atoms with Gasteiger partial charge >= 0.3 is 0 Å². The summed E-state index contributed by atoms with van der Waals surface area (Å²) in [7, 11) is 1.61. The van der Waals surface area contributed by atoms with Gasteiger partial charge in [-0.15, -0.1) is 11.3 Å². The van der Waals surface area contributed by atoms with E-state index in [1.165, 1.54) is 24.2 Å². The summed E-state index contributed by atoms with van der Waals surface area (Å²) in [6.45, 7) is 2.03. The lowest BCUT2D eigenvalue weighted by Gasteiger charge is -2.08. The van der Waals surface area contributed by atoms with Gasteiger partial charge in [0.05, 0.1) is 7.11 Å². The van der Waals surface area contributed by atoms with Gasteiger partial charge in [0, 0.05) is 5.92 Å². The molecule has 1 unspecified atom stereocenters. The second-order valence-corrected chi connectivity index (χ2v) is 4.72. The van der Waals surface area contributed by atoms with Gasteiger partial charge < -0.3 is 4.74 Å². The molecule has 0 aliphatic heterocycles. The van der Waals surface area contributed by atoms with Crippen LogP contribution in [0.5, 0.6) is 5.75 Å². The fourth-order valence-corrected chi connectivity index (χ4v) is 2.55. The maximum atomic E-state index is 12.0.